The van der Waals surface area contributed by atoms with Crippen molar-refractivity contribution in [1.82, 2.24) is 10.2 Å². The van der Waals surface area contributed by atoms with Gasteiger partial charge in [0.2, 0.25) is 0 Å². The molecule has 0 aliphatic heterocycles. The topological polar surface area (TPSA) is 57.8 Å². The molecule has 6 heteroatoms. The van der Waals surface area contributed by atoms with Gasteiger partial charge in [0.05, 0.1) is 5.02 Å². The largest absolute Gasteiger partial charge is 0.304 e. The van der Waals surface area contributed by atoms with E-state index in [9.17, 15) is 4.79 Å². The van der Waals surface area contributed by atoms with Crippen LogP contribution in [0.25, 0.3) is 0 Å². The van der Waals surface area contributed by atoms with Gasteiger partial charge >= 0.3 is 0 Å². The van der Waals surface area contributed by atoms with Crippen molar-refractivity contribution in [1.29, 1.82) is 0 Å². The van der Waals surface area contributed by atoms with Crippen LogP contribution >= 0.6 is 22.9 Å². The lowest BCUT2D eigenvalue weighted by molar-refractivity contribution is 0.103. The minimum absolute atomic E-state index is 0.220. The summed E-state index contributed by atoms with van der Waals surface area (Å²) in [7, 11) is 0. The summed E-state index contributed by atoms with van der Waals surface area (Å²) in [6, 6.07) is 0. The Balaban J connectivity index is 2.23. The smallest absolute Gasteiger partial charge is 0.268 e. The van der Waals surface area contributed by atoms with Gasteiger partial charge in [-0.25, -0.2) is 0 Å². The maximum absolute atomic E-state index is 12.0. The summed E-state index contributed by atoms with van der Waals surface area (Å²) in [5.41, 5.74) is 2.79. The molecule has 0 aliphatic rings. The summed E-state index contributed by atoms with van der Waals surface area (Å²) >= 11 is 7.37. The third-order valence-corrected chi connectivity index (χ3v) is 4.29. The lowest BCUT2D eigenvalue weighted by Crippen LogP contribution is -2.11. The Morgan fingerprint density at radius 2 is 2.18 bits per heavy atom. The number of aromatic amines is 1. The van der Waals surface area contributed by atoms with Crippen LogP contribution in [0.15, 0.2) is 5.38 Å². The van der Waals surface area contributed by atoms with Crippen LogP contribution in [0.1, 0.15) is 26.5 Å². The van der Waals surface area contributed by atoms with Crippen molar-refractivity contribution in [2.75, 3.05) is 5.32 Å². The maximum Gasteiger partial charge on any atom is 0.268 e. The van der Waals surface area contributed by atoms with E-state index in [1.165, 1.54) is 11.3 Å². The lowest BCUT2D eigenvalue weighted by atomic mass is 10.2. The summed E-state index contributed by atoms with van der Waals surface area (Å²) in [6.07, 6.45) is 0. The third-order valence-electron chi connectivity index (χ3n) is 2.59. The van der Waals surface area contributed by atoms with Gasteiger partial charge in [0.25, 0.3) is 5.91 Å². The number of nitrogens with zero attached hydrogens (tertiary/aromatic N) is 1. The van der Waals surface area contributed by atoms with Gasteiger partial charge in [0.1, 0.15) is 4.88 Å². The summed E-state index contributed by atoms with van der Waals surface area (Å²) in [5.74, 6) is 0.331. The van der Waals surface area contributed by atoms with Crippen LogP contribution in [0.2, 0.25) is 5.02 Å². The van der Waals surface area contributed by atoms with E-state index in [4.69, 9.17) is 11.6 Å². The quantitative estimate of drug-likeness (QED) is 0.879. The summed E-state index contributed by atoms with van der Waals surface area (Å²) in [5, 5.41) is 12.0. The molecule has 4 nitrogen and oxygen atoms in total. The zero-order chi connectivity index (χ0) is 12.6. The number of anilines is 1. The van der Waals surface area contributed by atoms with Crippen LogP contribution in [-0.4, -0.2) is 16.1 Å². The average molecular weight is 270 g/mol. The number of H-pyrrole nitrogens is 1. The van der Waals surface area contributed by atoms with Gasteiger partial charge < -0.3 is 5.32 Å². The zero-order valence-corrected chi connectivity index (χ0v) is 11.3. The number of hydrogen-bond acceptors (Lipinski definition) is 3. The van der Waals surface area contributed by atoms with Crippen molar-refractivity contribution < 1.29 is 4.79 Å². The Kier molecular flexibility index (Phi) is 3.22. The highest BCUT2D eigenvalue weighted by Crippen LogP contribution is 2.28. The third kappa shape index (κ3) is 2.21. The van der Waals surface area contributed by atoms with Crippen LogP contribution in [0.5, 0.6) is 0 Å². The molecular formula is C11H12ClN3OS. The summed E-state index contributed by atoms with van der Waals surface area (Å²) in [4.78, 5) is 12.5. The van der Waals surface area contributed by atoms with E-state index < -0.39 is 0 Å². The van der Waals surface area contributed by atoms with Crippen molar-refractivity contribution >= 4 is 34.7 Å². The predicted octanol–water partition coefficient (Wildman–Crippen LogP) is 3.30. The second kappa shape index (κ2) is 4.50. The fraction of sp³-hybridized carbons (Fsp3) is 0.273. The standard InChI is InChI=1S/C11H12ClN3OS/c1-5-4-17-9(8(5)12)11(16)13-10-6(2)7(3)14-15-10/h4H,1-3H3,(H2,13,14,15,16). The molecule has 0 spiro atoms. The van der Waals surface area contributed by atoms with Crippen molar-refractivity contribution in [2.45, 2.75) is 20.8 Å². The van der Waals surface area contributed by atoms with Crippen LogP contribution < -0.4 is 5.32 Å². The van der Waals surface area contributed by atoms with Gasteiger partial charge in [0.15, 0.2) is 5.82 Å². The Hall–Kier alpha value is -1.33. The minimum atomic E-state index is -0.220. The molecule has 0 radical (unpaired) electrons. The highest BCUT2D eigenvalue weighted by atomic mass is 35.5. The van der Waals surface area contributed by atoms with Gasteiger partial charge in [-0.05, 0) is 31.7 Å². The van der Waals surface area contributed by atoms with Gasteiger partial charge in [0, 0.05) is 11.3 Å². The minimum Gasteiger partial charge on any atom is -0.304 e. The molecule has 0 aromatic carbocycles. The fourth-order valence-electron chi connectivity index (χ4n) is 1.35. The first-order valence-corrected chi connectivity index (χ1v) is 6.33. The first-order valence-electron chi connectivity index (χ1n) is 5.07. The number of aromatic nitrogens is 2. The Morgan fingerprint density at radius 1 is 1.47 bits per heavy atom. The molecule has 2 aromatic heterocycles. The summed E-state index contributed by atoms with van der Waals surface area (Å²) in [6.45, 7) is 5.68. The van der Waals surface area contributed by atoms with E-state index in [1.54, 1.807) is 0 Å². The second-order valence-electron chi connectivity index (χ2n) is 3.84. The Morgan fingerprint density at radius 3 is 2.65 bits per heavy atom. The monoisotopic (exact) mass is 269 g/mol. The highest BCUT2D eigenvalue weighted by molar-refractivity contribution is 7.13. The van der Waals surface area contributed by atoms with E-state index in [0.717, 1.165) is 16.8 Å². The molecule has 17 heavy (non-hydrogen) atoms. The number of aryl methyl sites for hydroxylation is 2. The summed E-state index contributed by atoms with van der Waals surface area (Å²) < 4.78 is 0. The molecule has 0 fully saturated rings. The normalized spacial score (nSPS) is 10.6. The van der Waals surface area contributed by atoms with Crippen molar-refractivity contribution in [2.24, 2.45) is 0 Å². The van der Waals surface area contributed by atoms with Crippen LogP contribution in [-0.2, 0) is 0 Å². The number of nitrogens with one attached hydrogen (secondary N) is 2. The molecule has 2 N–H and O–H groups in total. The first kappa shape index (κ1) is 12.1. The molecule has 0 unspecified atom stereocenters. The number of thiophene rings is 1. The van der Waals surface area contributed by atoms with E-state index in [-0.39, 0.29) is 5.91 Å². The van der Waals surface area contributed by atoms with Crippen LogP contribution in [0, 0.1) is 20.8 Å². The molecule has 2 aromatic rings. The molecule has 0 bridgehead atoms. The van der Waals surface area contributed by atoms with Crippen LogP contribution in [0.3, 0.4) is 0 Å². The molecule has 2 heterocycles. The van der Waals surface area contributed by atoms with Gasteiger partial charge in [-0.15, -0.1) is 11.3 Å². The lowest BCUT2D eigenvalue weighted by Gasteiger charge is -2.01. The molecule has 0 saturated carbocycles. The van der Waals surface area contributed by atoms with Crippen LogP contribution in [0.4, 0.5) is 5.82 Å². The molecule has 2 rings (SSSR count). The van der Waals surface area contributed by atoms with Gasteiger partial charge in [-0.2, -0.15) is 5.10 Å². The molecule has 0 atom stereocenters. The number of carbonyl (C=O) groups is 1. The predicted molar refractivity (Wildman–Crippen MR) is 70.1 cm³/mol. The second-order valence-corrected chi connectivity index (χ2v) is 5.10. The van der Waals surface area contributed by atoms with Gasteiger partial charge in [-0.3, -0.25) is 9.89 Å². The molecule has 0 aliphatic carbocycles. The molecular weight excluding hydrogens is 258 g/mol. The van der Waals surface area contributed by atoms with E-state index >= 15 is 0 Å². The zero-order valence-electron chi connectivity index (χ0n) is 9.72. The first-order chi connectivity index (χ1) is 8.00. The Labute approximate surface area is 108 Å². The number of halogens is 1. The Bertz CT molecular complexity index is 573. The van der Waals surface area contributed by atoms with Crippen molar-refractivity contribution in [3.05, 3.63) is 32.1 Å². The van der Waals surface area contributed by atoms with E-state index in [2.05, 4.69) is 15.5 Å². The molecule has 0 saturated heterocycles. The number of carbonyl (C=O) groups excluding carboxylic acids is 1. The average Bonchev–Trinajstić information content (AvgIpc) is 2.77. The highest BCUT2D eigenvalue weighted by Gasteiger charge is 2.16. The van der Waals surface area contributed by atoms with Crippen molar-refractivity contribution in [3.63, 3.8) is 0 Å². The van der Waals surface area contributed by atoms with Gasteiger partial charge in [-0.1, -0.05) is 11.6 Å². The fourth-order valence-corrected chi connectivity index (χ4v) is 2.53. The molecule has 90 valence electrons. The number of hydrogen-bond donors (Lipinski definition) is 2. The molecule has 1 amide bonds. The SMILES string of the molecule is Cc1csc(C(=O)Nc2n[nH]c(C)c2C)c1Cl. The van der Waals surface area contributed by atoms with E-state index in [1.807, 2.05) is 26.2 Å². The number of amides is 1. The maximum atomic E-state index is 12.0. The number of rotatable bonds is 2. The van der Waals surface area contributed by atoms with Crippen molar-refractivity contribution in [3.8, 4) is 0 Å². The van der Waals surface area contributed by atoms with E-state index in [0.29, 0.717) is 15.7 Å².